The zero-order valence-electron chi connectivity index (χ0n) is 17.6. The lowest BCUT2D eigenvalue weighted by Crippen LogP contribution is -2.20. The molecule has 0 bridgehead atoms. The molecule has 0 saturated carbocycles. The molecule has 0 fully saturated rings. The highest BCUT2D eigenvalue weighted by molar-refractivity contribution is 6.08. The average Bonchev–Trinajstić information content (AvgIpc) is 3.01. The summed E-state index contributed by atoms with van der Waals surface area (Å²) in [4.78, 5) is 22.5. The molecule has 7 heteroatoms. The number of anilines is 1. The van der Waals surface area contributed by atoms with Crippen molar-refractivity contribution in [3.8, 4) is 0 Å². The van der Waals surface area contributed by atoms with E-state index in [9.17, 15) is 4.79 Å². The van der Waals surface area contributed by atoms with Crippen LogP contribution in [0.2, 0.25) is 0 Å². The van der Waals surface area contributed by atoms with Gasteiger partial charge in [0.1, 0.15) is 23.0 Å². The predicted octanol–water partition coefficient (Wildman–Crippen LogP) is 4.25. The van der Waals surface area contributed by atoms with E-state index in [0.717, 1.165) is 30.3 Å². The topological polar surface area (TPSA) is 92.3 Å². The van der Waals surface area contributed by atoms with E-state index in [1.54, 1.807) is 14.0 Å². The van der Waals surface area contributed by atoms with Gasteiger partial charge in [-0.05, 0) is 51.2 Å². The molecule has 4 rings (SSSR count). The second kappa shape index (κ2) is 8.83. The molecule has 1 aliphatic carbocycles. The number of carbonyl (C=O) groups is 1. The Morgan fingerprint density at radius 2 is 2.00 bits per heavy atom. The second-order valence-electron chi connectivity index (χ2n) is 7.83. The van der Waals surface area contributed by atoms with E-state index in [-0.39, 0.29) is 11.7 Å². The molecule has 0 amide bonds. The fourth-order valence-electron chi connectivity index (χ4n) is 4.04. The number of benzene rings is 1. The molecule has 0 aliphatic heterocycles. The Labute approximate surface area is 175 Å². The van der Waals surface area contributed by atoms with Gasteiger partial charge >= 0.3 is 5.97 Å². The highest BCUT2D eigenvalue weighted by Crippen LogP contribution is 2.30. The first-order valence-corrected chi connectivity index (χ1v) is 10.5. The highest BCUT2D eigenvalue weighted by Gasteiger charge is 2.26. The Hall–Kier alpha value is -2.93. The summed E-state index contributed by atoms with van der Waals surface area (Å²) in [7, 11) is 1.57. The van der Waals surface area contributed by atoms with E-state index in [1.807, 2.05) is 28.8 Å². The molecule has 1 aromatic carbocycles. The van der Waals surface area contributed by atoms with Crippen LogP contribution in [0.4, 0.5) is 5.82 Å². The van der Waals surface area contributed by atoms with Gasteiger partial charge in [0.2, 0.25) is 0 Å². The highest BCUT2D eigenvalue weighted by atomic mass is 16.6. The van der Waals surface area contributed by atoms with Crippen LogP contribution >= 0.6 is 0 Å². The van der Waals surface area contributed by atoms with Crippen molar-refractivity contribution in [2.45, 2.75) is 51.7 Å². The quantitative estimate of drug-likeness (QED) is 0.464. The Morgan fingerprint density at radius 3 is 2.70 bits per heavy atom. The molecule has 1 atom stereocenters. The van der Waals surface area contributed by atoms with Crippen LogP contribution < -0.4 is 5.73 Å². The van der Waals surface area contributed by atoms with Gasteiger partial charge in [-0.2, -0.15) is 0 Å². The molecule has 30 heavy (non-hydrogen) atoms. The van der Waals surface area contributed by atoms with E-state index in [1.165, 1.54) is 18.4 Å². The number of esters is 1. The van der Waals surface area contributed by atoms with Crippen LogP contribution in [-0.4, -0.2) is 40.3 Å². The Balaban J connectivity index is 1.77. The fourth-order valence-corrected chi connectivity index (χ4v) is 4.04. The number of nitrogens with two attached hydrogens (primary N) is 1. The molecular formula is C23H28N4O3. The van der Waals surface area contributed by atoms with Crippen LogP contribution in [0.1, 0.15) is 49.4 Å². The van der Waals surface area contributed by atoms with Crippen molar-refractivity contribution in [1.29, 1.82) is 0 Å². The molecule has 0 saturated heterocycles. The number of ether oxygens (including phenoxy) is 2. The zero-order chi connectivity index (χ0) is 21.1. The molecule has 2 heterocycles. The van der Waals surface area contributed by atoms with E-state index in [4.69, 9.17) is 25.2 Å². The number of carbonyl (C=O) groups excluding carboxylic acids is 1. The Bertz CT molecular complexity index is 1100. The van der Waals surface area contributed by atoms with Gasteiger partial charge in [0, 0.05) is 13.7 Å². The van der Waals surface area contributed by atoms with Gasteiger partial charge in [-0.3, -0.25) is 0 Å². The number of rotatable bonds is 7. The minimum absolute atomic E-state index is 0.281. The molecule has 3 aromatic rings. The van der Waals surface area contributed by atoms with Crippen LogP contribution in [-0.2, 0) is 16.0 Å². The summed E-state index contributed by atoms with van der Waals surface area (Å²) in [5.41, 5.74) is 10.8. The minimum Gasteiger partial charge on any atom is -0.456 e. The number of para-hydroxylation sites is 2. The number of allylic oxidation sites excluding steroid dienone is 2. The first-order valence-electron chi connectivity index (χ1n) is 10.5. The van der Waals surface area contributed by atoms with E-state index < -0.39 is 5.97 Å². The maximum absolute atomic E-state index is 13.0. The van der Waals surface area contributed by atoms with Crippen molar-refractivity contribution in [1.82, 2.24) is 14.5 Å². The summed E-state index contributed by atoms with van der Waals surface area (Å²) in [6.07, 6.45) is 7.57. The summed E-state index contributed by atoms with van der Waals surface area (Å²) in [6.45, 7) is 2.75. The average molecular weight is 409 g/mol. The smallest absolute Gasteiger partial charge is 0.344 e. The third kappa shape index (κ3) is 4.03. The largest absolute Gasteiger partial charge is 0.456 e. The number of hydrogen-bond donors (Lipinski definition) is 1. The van der Waals surface area contributed by atoms with Crippen LogP contribution in [0, 0.1) is 0 Å². The van der Waals surface area contributed by atoms with Crippen molar-refractivity contribution in [3.63, 3.8) is 0 Å². The van der Waals surface area contributed by atoms with E-state index >= 15 is 0 Å². The Kier molecular flexibility index (Phi) is 5.99. The van der Waals surface area contributed by atoms with E-state index in [0.29, 0.717) is 30.1 Å². The maximum Gasteiger partial charge on any atom is 0.344 e. The van der Waals surface area contributed by atoms with Gasteiger partial charge in [-0.1, -0.05) is 23.8 Å². The lowest BCUT2D eigenvalue weighted by molar-refractivity contribution is 0.0123. The first-order chi connectivity index (χ1) is 14.6. The lowest BCUT2D eigenvalue weighted by Gasteiger charge is -2.14. The van der Waals surface area contributed by atoms with Crippen LogP contribution in [0.15, 0.2) is 35.9 Å². The van der Waals surface area contributed by atoms with E-state index in [2.05, 4.69) is 6.08 Å². The van der Waals surface area contributed by atoms with Gasteiger partial charge < -0.3 is 19.8 Å². The number of nitrogen functional groups attached to an aromatic ring is 1. The standard InChI is InChI=1S/C23H28N4O3/c1-15(14-29-2)30-23(28)19-20-22(26-18-11-7-6-10-17(18)25-20)27(21(19)24)13-12-16-8-4-3-5-9-16/h6-8,10-11,15H,3-5,9,12-14,24H2,1-2H3. The van der Waals surface area contributed by atoms with Gasteiger partial charge in [-0.25, -0.2) is 14.8 Å². The number of hydrogen-bond acceptors (Lipinski definition) is 6. The summed E-state index contributed by atoms with van der Waals surface area (Å²) in [5.74, 6) is -0.145. The number of fused-ring (bicyclic) bond motifs is 2. The fraction of sp³-hybridized carbons (Fsp3) is 0.435. The number of methoxy groups -OCH3 is 1. The van der Waals surface area contributed by atoms with Crippen molar-refractivity contribution in [2.75, 3.05) is 19.5 Å². The van der Waals surface area contributed by atoms with Gasteiger partial charge in [0.25, 0.3) is 0 Å². The lowest BCUT2D eigenvalue weighted by atomic mass is 9.97. The maximum atomic E-state index is 13.0. The van der Waals surface area contributed by atoms with Crippen LogP contribution in [0.5, 0.6) is 0 Å². The summed E-state index contributed by atoms with van der Waals surface area (Å²) in [5, 5.41) is 0. The number of aromatic nitrogens is 3. The van der Waals surface area contributed by atoms with Gasteiger partial charge in [-0.15, -0.1) is 0 Å². The van der Waals surface area contributed by atoms with Crippen molar-refractivity contribution < 1.29 is 14.3 Å². The normalized spacial score (nSPS) is 15.3. The van der Waals surface area contributed by atoms with Gasteiger partial charge in [0.15, 0.2) is 5.65 Å². The zero-order valence-corrected chi connectivity index (χ0v) is 17.6. The molecule has 2 aromatic heterocycles. The summed E-state index contributed by atoms with van der Waals surface area (Å²) >= 11 is 0. The minimum atomic E-state index is -0.498. The first kappa shape index (κ1) is 20.3. The molecule has 1 unspecified atom stereocenters. The summed E-state index contributed by atoms with van der Waals surface area (Å²) < 4.78 is 12.5. The number of nitrogens with zero attached hydrogens (tertiary/aromatic N) is 3. The molecule has 158 valence electrons. The molecule has 0 spiro atoms. The van der Waals surface area contributed by atoms with Gasteiger partial charge in [0.05, 0.1) is 17.6 Å². The SMILES string of the molecule is COCC(C)OC(=O)c1c(N)n(CCC2=CCCCC2)c2nc3ccccc3nc12. The number of aryl methyl sites for hydroxylation is 1. The third-order valence-electron chi connectivity index (χ3n) is 5.55. The summed E-state index contributed by atoms with van der Waals surface area (Å²) in [6, 6.07) is 7.62. The third-order valence-corrected chi connectivity index (χ3v) is 5.55. The molecular weight excluding hydrogens is 380 g/mol. The molecule has 0 radical (unpaired) electrons. The molecule has 2 N–H and O–H groups in total. The monoisotopic (exact) mass is 408 g/mol. The Morgan fingerprint density at radius 1 is 1.23 bits per heavy atom. The van der Waals surface area contributed by atoms with Crippen LogP contribution in [0.3, 0.4) is 0 Å². The van der Waals surface area contributed by atoms with Crippen molar-refractivity contribution in [3.05, 3.63) is 41.5 Å². The van der Waals surface area contributed by atoms with Crippen molar-refractivity contribution >= 4 is 34.0 Å². The van der Waals surface area contributed by atoms with Crippen molar-refractivity contribution in [2.24, 2.45) is 0 Å². The predicted molar refractivity (Wildman–Crippen MR) is 117 cm³/mol. The molecule has 7 nitrogen and oxygen atoms in total. The second-order valence-corrected chi connectivity index (χ2v) is 7.83. The molecule has 1 aliphatic rings. The van der Waals surface area contributed by atoms with Crippen LogP contribution in [0.25, 0.3) is 22.2 Å².